The number of halogens is 1. The summed E-state index contributed by atoms with van der Waals surface area (Å²) in [5.74, 6) is 0.568. The number of aliphatic imine (C=N–C) groups is 1. The lowest BCUT2D eigenvalue weighted by Crippen LogP contribution is -2.05. The van der Waals surface area contributed by atoms with Crippen molar-refractivity contribution in [2.75, 3.05) is 0 Å². The standard InChI is InChI=1S/C9H15IN2/c1-4-8-5-10-12-9(6-11-8)7(2)3/h5-7,12H,4H2,1-3H3. The van der Waals surface area contributed by atoms with Crippen LogP contribution in [0.2, 0.25) is 0 Å². The first kappa shape index (κ1) is 9.89. The van der Waals surface area contributed by atoms with Gasteiger partial charge in [0.2, 0.25) is 0 Å². The molecule has 0 aliphatic carbocycles. The summed E-state index contributed by atoms with van der Waals surface area (Å²) in [6.45, 7) is 6.53. The van der Waals surface area contributed by atoms with E-state index in [1.54, 1.807) is 0 Å². The van der Waals surface area contributed by atoms with Gasteiger partial charge in [0.15, 0.2) is 0 Å². The van der Waals surface area contributed by atoms with Crippen molar-refractivity contribution in [2.45, 2.75) is 27.2 Å². The first-order valence-electron chi connectivity index (χ1n) is 4.22. The van der Waals surface area contributed by atoms with Crippen LogP contribution in [-0.4, -0.2) is 9.72 Å². The van der Waals surface area contributed by atoms with Gasteiger partial charge in [-0.15, -0.1) is 0 Å². The lowest BCUT2D eigenvalue weighted by molar-refractivity contribution is 0.742. The molecule has 1 aliphatic heterocycles. The first-order chi connectivity index (χ1) is 5.74. The molecule has 0 spiro atoms. The maximum Gasteiger partial charge on any atom is 0.0471 e. The summed E-state index contributed by atoms with van der Waals surface area (Å²) in [6.07, 6.45) is 3.02. The summed E-state index contributed by atoms with van der Waals surface area (Å²) in [7, 11) is 0. The fourth-order valence-electron chi connectivity index (χ4n) is 0.785. The van der Waals surface area contributed by atoms with E-state index < -0.39 is 0 Å². The topological polar surface area (TPSA) is 24.4 Å². The van der Waals surface area contributed by atoms with Gasteiger partial charge in [0.25, 0.3) is 0 Å². The van der Waals surface area contributed by atoms with Crippen LogP contribution in [0, 0.1) is 5.92 Å². The van der Waals surface area contributed by atoms with E-state index in [4.69, 9.17) is 0 Å². The molecular formula is C9H15IN2. The van der Waals surface area contributed by atoms with Gasteiger partial charge in [-0.25, -0.2) is 0 Å². The minimum Gasteiger partial charge on any atom is -0.336 e. The van der Waals surface area contributed by atoms with Gasteiger partial charge in [-0.05, 0) is 33.3 Å². The van der Waals surface area contributed by atoms with Crippen LogP contribution in [0.1, 0.15) is 27.2 Å². The normalized spacial score (nSPS) is 17.3. The molecule has 0 radical (unpaired) electrons. The van der Waals surface area contributed by atoms with Gasteiger partial charge >= 0.3 is 0 Å². The second-order valence-corrected chi connectivity index (χ2v) is 4.81. The average Bonchev–Trinajstić information content (AvgIpc) is 2.28. The Morgan fingerprint density at radius 2 is 2.33 bits per heavy atom. The zero-order valence-electron chi connectivity index (χ0n) is 7.76. The van der Waals surface area contributed by atoms with Crippen molar-refractivity contribution in [3.05, 3.63) is 11.9 Å². The number of nitrogens with one attached hydrogen (secondary N) is 1. The second-order valence-electron chi connectivity index (χ2n) is 3.03. The molecule has 0 unspecified atom stereocenters. The molecule has 0 fully saturated rings. The molecule has 0 bridgehead atoms. The van der Waals surface area contributed by atoms with Gasteiger partial charge in [0.1, 0.15) is 0 Å². The number of hydrogen-bond donors (Lipinski definition) is 1. The van der Waals surface area contributed by atoms with Crippen LogP contribution in [0.25, 0.3) is 0 Å². The molecule has 0 saturated heterocycles. The number of nitrogens with zero attached hydrogens (tertiary/aromatic N) is 1. The van der Waals surface area contributed by atoms with Gasteiger partial charge in [-0.2, -0.15) is 0 Å². The van der Waals surface area contributed by atoms with Gasteiger partial charge in [-0.1, -0.05) is 20.8 Å². The monoisotopic (exact) mass is 278 g/mol. The van der Waals surface area contributed by atoms with E-state index in [-0.39, 0.29) is 21.0 Å². The zero-order chi connectivity index (χ0) is 8.97. The van der Waals surface area contributed by atoms with Crippen molar-refractivity contribution in [3.8, 4) is 0 Å². The minimum absolute atomic E-state index is 0.00720. The summed E-state index contributed by atoms with van der Waals surface area (Å²) < 4.78 is 5.70. The Balaban J connectivity index is 2.77. The van der Waals surface area contributed by atoms with Crippen molar-refractivity contribution >= 4 is 30.7 Å². The third kappa shape index (κ3) is 2.69. The highest BCUT2D eigenvalue weighted by Gasteiger charge is 2.02. The van der Waals surface area contributed by atoms with Crippen molar-refractivity contribution in [3.63, 3.8) is 0 Å². The Morgan fingerprint density at radius 1 is 1.58 bits per heavy atom. The minimum atomic E-state index is -0.00720. The van der Waals surface area contributed by atoms with E-state index in [9.17, 15) is 0 Å². The van der Waals surface area contributed by atoms with E-state index in [0.717, 1.165) is 6.42 Å². The summed E-state index contributed by atoms with van der Waals surface area (Å²) in [5.41, 5.74) is 2.51. The summed E-state index contributed by atoms with van der Waals surface area (Å²) in [5, 5.41) is 0. The highest BCUT2D eigenvalue weighted by molar-refractivity contribution is 14.2. The molecule has 3 heteroatoms. The maximum absolute atomic E-state index is 4.41. The van der Waals surface area contributed by atoms with E-state index in [2.05, 4.69) is 33.3 Å². The van der Waals surface area contributed by atoms with Crippen molar-refractivity contribution < 1.29 is 0 Å². The highest BCUT2D eigenvalue weighted by Crippen LogP contribution is 2.12. The molecule has 0 saturated carbocycles. The number of allylic oxidation sites excluding steroid dienone is 1. The predicted octanol–water partition coefficient (Wildman–Crippen LogP) is 2.63. The van der Waals surface area contributed by atoms with Crippen LogP contribution in [0.3, 0.4) is 0 Å². The summed E-state index contributed by atoms with van der Waals surface area (Å²) in [4.78, 5) is 4.41. The predicted molar refractivity (Wildman–Crippen MR) is 63.9 cm³/mol. The second kappa shape index (κ2) is 4.74. The Morgan fingerprint density at radius 3 is 2.92 bits per heavy atom. The average molecular weight is 278 g/mol. The molecule has 12 heavy (non-hydrogen) atoms. The fraction of sp³-hybridized carbons (Fsp3) is 0.556. The quantitative estimate of drug-likeness (QED) is 0.609. The summed E-state index contributed by atoms with van der Waals surface area (Å²) >= 11 is -0.00720. The first-order valence-corrected chi connectivity index (χ1v) is 6.54. The van der Waals surface area contributed by atoms with Crippen molar-refractivity contribution in [2.24, 2.45) is 10.9 Å². The Kier molecular flexibility index (Phi) is 3.91. The molecule has 0 aromatic rings. The number of hydrogen-bond acceptors (Lipinski definition) is 2. The molecule has 0 aromatic heterocycles. The lowest BCUT2D eigenvalue weighted by atomic mass is 10.2. The van der Waals surface area contributed by atoms with E-state index in [0.29, 0.717) is 5.92 Å². The third-order valence-electron chi connectivity index (χ3n) is 1.70. The van der Waals surface area contributed by atoms with Crippen LogP contribution in [0.4, 0.5) is 0 Å². The van der Waals surface area contributed by atoms with Crippen molar-refractivity contribution in [1.82, 2.24) is 3.53 Å². The smallest absolute Gasteiger partial charge is 0.0471 e. The fourth-order valence-corrected chi connectivity index (χ4v) is 3.02. The van der Waals surface area contributed by atoms with Gasteiger partial charge in [0, 0.05) is 21.6 Å². The lowest BCUT2D eigenvalue weighted by Gasteiger charge is -2.06. The van der Waals surface area contributed by atoms with Crippen LogP contribution in [0.15, 0.2) is 16.9 Å². The van der Waals surface area contributed by atoms with Crippen molar-refractivity contribution in [1.29, 1.82) is 0 Å². The van der Waals surface area contributed by atoms with Crippen LogP contribution >= 0.6 is 21.0 Å². The third-order valence-corrected chi connectivity index (χ3v) is 3.66. The summed E-state index contributed by atoms with van der Waals surface area (Å²) in [6, 6.07) is 0. The molecular weight excluding hydrogens is 263 g/mol. The van der Waals surface area contributed by atoms with E-state index in [1.165, 1.54) is 11.4 Å². The molecule has 68 valence electrons. The number of rotatable bonds is 2. The van der Waals surface area contributed by atoms with Gasteiger partial charge in [-0.3, -0.25) is 4.99 Å². The molecule has 1 aliphatic rings. The molecule has 0 atom stereocenters. The Hall–Kier alpha value is -0.190. The van der Waals surface area contributed by atoms with E-state index >= 15 is 0 Å². The van der Waals surface area contributed by atoms with Crippen LogP contribution in [0.5, 0.6) is 0 Å². The zero-order valence-corrected chi connectivity index (χ0v) is 9.92. The highest BCUT2D eigenvalue weighted by atomic mass is 127. The van der Waals surface area contributed by atoms with Crippen LogP contribution < -0.4 is 3.53 Å². The molecule has 0 amide bonds. The SMILES string of the molecule is CCC1=NC=C(C(C)C)NI=C1. The molecule has 0 aromatic carbocycles. The molecule has 1 rings (SSSR count). The molecule has 2 nitrogen and oxygen atoms in total. The van der Waals surface area contributed by atoms with Crippen LogP contribution in [-0.2, 0) is 0 Å². The molecule has 1 N–H and O–H groups in total. The molecule has 1 heterocycles. The van der Waals surface area contributed by atoms with E-state index in [1.807, 2.05) is 6.20 Å². The maximum atomic E-state index is 4.41. The van der Waals surface area contributed by atoms with Gasteiger partial charge < -0.3 is 3.53 Å². The van der Waals surface area contributed by atoms with Gasteiger partial charge in [0.05, 0.1) is 0 Å². The Bertz CT molecular complexity index is 239. The largest absolute Gasteiger partial charge is 0.336 e. The Labute approximate surface area is 84.3 Å².